The molecule has 0 atom stereocenters. The van der Waals surface area contributed by atoms with Crippen molar-refractivity contribution in [2.75, 3.05) is 12.8 Å². The molecule has 0 spiro atoms. The van der Waals surface area contributed by atoms with Crippen LogP contribution in [0.3, 0.4) is 0 Å². The molecule has 0 radical (unpaired) electrons. The van der Waals surface area contributed by atoms with Gasteiger partial charge in [-0.2, -0.15) is 0 Å². The zero-order chi connectivity index (χ0) is 12.4. The van der Waals surface area contributed by atoms with Gasteiger partial charge in [-0.3, -0.25) is 15.0 Å². The lowest BCUT2D eigenvalue weighted by atomic mass is 9.91. The van der Waals surface area contributed by atoms with Crippen molar-refractivity contribution in [3.05, 3.63) is 33.9 Å². The maximum absolute atomic E-state index is 10.8. The fourth-order valence-electron chi connectivity index (χ4n) is 2.12. The average Bonchev–Trinajstić information content (AvgIpc) is 2.18. The van der Waals surface area contributed by atoms with E-state index in [2.05, 4.69) is 4.90 Å². The van der Waals surface area contributed by atoms with Crippen LogP contribution in [-0.2, 0) is 6.54 Å². The van der Waals surface area contributed by atoms with Crippen molar-refractivity contribution >= 4 is 11.4 Å². The van der Waals surface area contributed by atoms with Gasteiger partial charge in [-0.25, -0.2) is 0 Å². The number of nitro benzene ring substituents is 1. The lowest BCUT2D eigenvalue weighted by Crippen LogP contribution is -2.36. The summed E-state index contributed by atoms with van der Waals surface area (Å²) in [7, 11) is 2.04. The van der Waals surface area contributed by atoms with Crippen molar-refractivity contribution in [1.82, 2.24) is 4.90 Å². The number of nitro groups is 1. The summed E-state index contributed by atoms with van der Waals surface area (Å²) in [6.07, 6.45) is 3.70. The highest BCUT2D eigenvalue weighted by Crippen LogP contribution is 2.29. The summed E-state index contributed by atoms with van der Waals surface area (Å²) in [6, 6.07) is 5.60. The maximum atomic E-state index is 10.8. The molecule has 1 aliphatic carbocycles. The van der Waals surface area contributed by atoms with E-state index in [4.69, 9.17) is 5.73 Å². The van der Waals surface area contributed by atoms with Crippen LogP contribution in [0.4, 0.5) is 11.4 Å². The van der Waals surface area contributed by atoms with Gasteiger partial charge >= 0.3 is 0 Å². The Balaban J connectivity index is 2.15. The highest BCUT2D eigenvalue weighted by Gasteiger charge is 2.23. The molecule has 0 heterocycles. The smallest absolute Gasteiger partial charge is 0.292 e. The Labute approximate surface area is 100 Å². The van der Waals surface area contributed by atoms with E-state index >= 15 is 0 Å². The third-order valence-corrected chi connectivity index (χ3v) is 3.49. The van der Waals surface area contributed by atoms with Crippen LogP contribution in [0.2, 0.25) is 0 Å². The van der Waals surface area contributed by atoms with Gasteiger partial charge in [-0.1, -0.05) is 18.6 Å². The van der Waals surface area contributed by atoms with Crippen molar-refractivity contribution in [3.63, 3.8) is 0 Å². The minimum absolute atomic E-state index is 0.00418. The molecule has 0 bridgehead atoms. The number of hydrogen-bond acceptors (Lipinski definition) is 4. The number of rotatable bonds is 4. The number of anilines is 1. The lowest BCUT2D eigenvalue weighted by molar-refractivity contribution is -0.384. The van der Waals surface area contributed by atoms with Crippen LogP contribution in [0.15, 0.2) is 18.2 Å². The fourth-order valence-corrected chi connectivity index (χ4v) is 2.12. The van der Waals surface area contributed by atoms with Crippen molar-refractivity contribution in [2.45, 2.75) is 31.8 Å². The van der Waals surface area contributed by atoms with E-state index in [9.17, 15) is 10.1 Å². The Bertz CT molecular complexity index is 430. The minimum atomic E-state index is -0.428. The molecule has 1 aromatic carbocycles. The van der Waals surface area contributed by atoms with Gasteiger partial charge in [0.2, 0.25) is 0 Å². The van der Waals surface area contributed by atoms with Crippen LogP contribution in [0.5, 0.6) is 0 Å². The van der Waals surface area contributed by atoms with Gasteiger partial charge in [0.05, 0.1) is 4.92 Å². The van der Waals surface area contributed by atoms with E-state index in [-0.39, 0.29) is 5.69 Å². The van der Waals surface area contributed by atoms with E-state index in [0.717, 1.165) is 5.56 Å². The first kappa shape index (κ1) is 11.9. The minimum Gasteiger partial charge on any atom is -0.393 e. The Morgan fingerprint density at radius 1 is 1.53 bits per heavy atom. The van der Waals surface area contributed by atoms with Gasteiger partial charge in [0.1, 0.15) is 5.69 Å². The molecule has 0 unspecified atom stereocenters. The van der Waals surface area contributed by atoms with Crippen LogP contribution in [0, 0.1) is 10.1 Å². The second kappa shape index (κ2) is 4.71. The topological polar surface area (TPSA) is 72.4 Å². The number of benzene rings is 1. The first-order chi connectivity index (χ1) is 8.09. The molecule has 1 aliphatic rings. The summed E-state index contributed by atoms with van der Waals surface area (Å²) < 4.78 is 0. The van der Waals surface area contributed by atoms with E-state index in [1.165, 1.54) is 25.3 Å². The van der Waals surface area contributed by atoms with Crippen molar-refractivity contribution in [2.24, 2.45) is 0 Å². The summed E-state index contributed by atoms with van der Waals surface area (Å²) >= 11 is 0. The van der Waals surface area contributed by atoms with Gasteiger partial charge in [-0.15, -0.1) is 0 Å². The van der Waals surface area contributed by atoms with Crippen LogP contribution in [0.25, 0.3) is 0 Å². The zero-order valence-electron chi connectivity index (χ0n) is 9.93. The first-order valence-electron chi connectivity index (χ1n) is 5.81. The molecule has 1 saturated carbocycles. The standard InChI is InChI=1S/C12H17N3O2/c1-14(10-5-3-6-10)8-9-4-2-7-11(12(9)13)15(16)17/h2,4,7,10H,3,5-6,8,13H2,1H3. The summed E-state index contributed by atoms with van der Waals surface area (Å²) in [6.45, 7) is 0.679. The molecule has 1 fully saturated rings. The molecule has 92 valence electrons. The third-order valence-electron chi connectivity index (χ3n) is 3.49. The van der Waals surface area contributed by atoms with Crippen LogP contribution in [-0.4, -0.2) is 22.9 Å². The molecule has 0 saturated heterocycles. The molecule has 0 amide bonds. The van der Waals surface area contributed by atoms with E-state index < -0.39 is 4.92 Å². The molecule has 0 aliphatic heterocycles. The largest absolute Gasteiger partial charge is 0.393 e. The highest BCUT2D eigenvalue weighted by molar-refractivity contribution is 5.62. The molecular formula is C12H17N3O2. The van der Waals surface area contributed by atoms with Gasteiger partial charge in [0, 0.05) is 18.7 Å². The van der Waals surface area contributed by atoms with Gasteiger partial charge in [0.15, 0.2) is 0 Å². The molecular weight excluding hydrogens is 218 g/mol. The van der Waals surface area contributed by atoms with Crippen molar-refractivity contribution in [1.29, 1.82) is 0 Å². The second-order valence-electron chi connectivity index (χ2n) is 4.61. The molecule has 0 aromatic heterocycles. The maximum Gasteiger partial charge on any atom is 0.292 e. The molecule has 5 heteroatoms. The molecule has 1 aromatic rings. The number of nitrogens with zero attached hydrogens (tertiary/aromatic N) is 2. The Morgan fingerprint density at radius 2 is 2.24 bits per heavy atom. The summed E-state index contributed by atoms with van der Waals surface area (Å²) in [5.41, 5.74) is 6.96. The molecule has 5 nitrogen and oxygen atoms in total. The zero-order valence-corrected chi connectivity index (χ0v) is 9.93. The van der Waals surface area contributed by atoms with Crippen molar-refractivity contribution in [3.8, 4) is 0 Å². The monoisotopic (exact) mass is 235 g/mol. The number of para-hydroxylation sites is 1. The van der Waals surface area contributed by atoms with Crippen LogP contribution < -0.4 is 5.73 Å². The van der Waals surface area contributed by atoms with E-state index in [1.54, 1.807) is 6.07 Å². The third kappa shape index (κ3) is 2.39. The first-order valence-corrected chi connectivity index (χ1v) is 5.81. The van der Waals surface area contributed by atoms with Crippen molar-refractivity contribution < 1.29 is 4.92 Å². The Morgan fingerprint density at radius 3 is 2.76 bits per heavy atom. The predicted molar refractivity (Wildman–Crippen MR) is 66.6 cm³/mol. The Kier molecular flexibility index (Phi) is 3.28. The summed E-state index contributed by atoms with van der Waals surface area (Å²) in [4.78, 5) is 12.6. The molecule has 2 N–H and O–H groups in total. The predicted octanol–water partition coefficient (Wildman–Crippen LogP) is 2.16. The SMILES string of the molecule is CN(Cc1cccc([N+](=O)[O-])c1N)C1CCC1. The highest BCUT2D eigenvalue weighted by atomic mass is 16.6. The van der Waals surface area contributed by atoms with Gasteiger partial charge in [0.25, 0.3) is 5.69 Å². The van der Waals surface area contributed by atoms with Crippen LogP contribution >= 0.6 is 0 Å². The van der Waals surface area contributed by atoms with E-state index in [1.807, 2.05) is 13.1 Å². The number of nitrogen functional groups attached to an aromatic ring is 1. The average molecular weight is 235 g/mol. The summed E-state index contributed by atoms with van der Waals surface area (Å²) in [5.74, 6) is 0. The fraction of sp³-hybridized carbons (Fsp3) is 0.500. The number of hydrogen-bond donors (Lipinski definition) is 1. The second-order valence-corrected chi connectivity index (χ2v) is 4.61. The van der Waals surface area contributed by atoms with Gasteiger partial charge < -0.3 is 5.73 Å². The summed E-state index contributed by atoms with van der Waals surface area (Å²) in [5, 5.41) is 10.8. The van der Waals surface area contributed by atoms with Crippen LogP contribution in [0.1, 0.15) is 24.8 Å². The molecule has 17 heavy (non-hydrogen) atoms. The Hall–Kier alpha value is -1.62. The number of nitrogens with two attached hydrogens (primary N) is 1. The quantitative estimate of drug-likeness (QED) is 0.493. The van der Waals surface area contributed by atoms with E-state index in [0.29, 0.717) is 18.3 Å². The molecule has 2 rings (SSSR count). The lowest BCUT2D eigenvalue weighted by Gasteiger charge is -2.34. The normalized spacial score (nSPS) is 15.9. The van der Waals surface area contributed by atoms with Gasteiger partial charge in [-0.05, 0) is 25.5 Å².